The molecule has 0 bridgehead atoms. The number of benzene rings is 2. The van der Waals surface area contributed by atoms with Gasteiger partial charge in [0.25, 0.3) is 0 Å². The number of carbonyl (C=O) groups excluding carboxylic acids is 2. The summed E-state index contributed by atoms with van der Waals surface area (Å²) >= 11 is 10.7. The Labute approximate surface area is 190 Å². The van der Waals surface area contributed by atoms with Gasteiger partial charge in [-0.3, -0.25) is 10.1 Å². The van der Waals surface area contributed by atoms with Gasteiger partial charge >= 0.3 is 6.03 Å². The average molecular weight is 507 g/mol. The highest BCUT2D eigenvalue weighted by molar-refractivity contribution is 9.10. The smallest absolute Gasteiger partial charge is 0.312 e. The molecule has 1 aliphatic heterocycles. The number of nitrogens with zero attached hydrogens (tertiary/aromatic N) is 3. The van der Waals surface area contributed by atoms with Crippen LogP contribution in [-0.4, -0.2) is 39.6 Å². The third-order valence-corrected chi connectivity index (χ3v) is 6.24. The number of halogens is 2. The largest absolute Gasteiger partial charge is 0.322 e. The summed E-state index contributed by atoms with van der Waals surface area (Å²) in [5.41, 5.74) is 1.49. The van der Waals surface area contributed by atoms with Crippen LogP contribution in [0.3, 0.4) is 0 Å². The summed E-state index contributed by atoms with van der Waals surface area (Å²) in [6.45, 7) is 0.516. The lowest BCUT2D eigenvalue weighted by molar-refractivity contribution is -0.119. The van der Waals surface area contributed by atoms with Crippen LogP contribution in [0.5, 0.6) is 0 Å². The zero-order valence-electron chi connectivity index (χ0n) is 15.6. The summed E-state index contributed by atoms with van der Waals surface area (Å²) < 4.78 is 0.864. The number of likely N-dealkylation sites (tertiary alicyclic amines) is 1. The van der Waals surface area contributed by atoms with Gasteiger partial charge in [0.15, 0.2) is 0 Å². The molecule has 1 unspecified atom stereocenters. The predicted octanol–water partition coefficient (Wildman–Crippen LogP) is 5.26. The second-order valence-electron chi connectivity index (χ2n) is 6.70. The van der Waals surface area contributed by atoms with Gasteiger partial charge in [-0.2, -0.15) is 0 Å². The monoisotopic (exact) mass is 505 g/mol. The van der Waals surface area contributed by atoms with Crippen LogP contribution >= 0.6 is 38.9 Å². The third kappa shape index (κ3) is 4.80. The highest BCUT2D eigenvalue weighted by atomic mass is 79.9. The van der Waals surface area contributed by atoms with Gasteiger partial charge < -0.3 is 10.2 Å². The van der Waals surface area contributed by atoms with Crippen LogP contribution in [0.15, 0.2) is 53.0 Å². The van der Waals surface area contributed by atoms with Crippen molar-refractivity contribution >= 4 is 61.6 Å². The Bertz CT molecular complexity index is 1090. The lowest BCUT2D eigenvalue weighted by Crippen LogP contribution is -2.45. The van der Waals surface area contributed by atoms with Crippen LogP contribution in [0.25, 0.3) is 10.6 Å². The number of hydrogen-bond acceptors (Lipinski definition) is 5. The fourth-order valence-electron chi connectivity index (χ4n) is 3.24. The fraction of sp³-hybridized carbons (Fsp3) is 0.200. The van der Waals surface area contributed by atoms with E-state index in [1.54, 1.807) is 23.1 Å². The molecule has 0 spiro atoms. The van der Waals surface area contributed by atoms with Crippen LogP contribution in [0.2, 0.25) is 5.02 Å². The molecular weight excluding hydrogens is 490 g/mol. The van der Waals surface area contributed by atoms with Crippen LogP contribution in [0.1, 0.15) is 12.8 Å². The highest BCUT2D eigenvalue weighted by Crippen LogP contribution is 2.29. The summed E-state index contributed by atoms with van der Waals surface area (Å²) in [5.74, 6) is -0.273. The molecule has 2 aromatic carbocycles. The van der Waals surface area contributed by atoms with Gasteiger partial charge in [-0.15, -0.1) is 10.2 Å². The van der Waals surface area contributed by atoms with Gasteiger partial charge in [-0.05, 0) is 43.2 Å². The van der Waals surface area contributed by atoms with E-state index >= 15 is 0 Å². The summed E-state index contributed by atoms with van der Waals surface area (Å²) in [5, 5.41) is 15.4. The molecule has 3 amide bonds. The minimum absolute atomic E-state index is 0.273. The van der Waals surface area contributed by atoms with Gasteiger partial charge in [0, 0.05) is 27.3 Å². The van der Waals surface area contributed by atoms with Crippen molar-refractivity contribution in [2.24, 2.45) is 0 Å². The van der Waals surface area contributed by atoms with Gasteiger partial charge in [-0.1, -0.05) is 57.1 Å². The molecule has 2 N–H and O–H groups in total. The van der Waals surface area contributed by atoms with E-state index in [-0.39, 0.29) is 11.9 Å². The van der Waals surface area contributed by atoms with E-state index in [4.69, 9.17) is 11.6 Å². The number of hydrogen-bond donors (Lipinski definition) is 2. The Morgan fingerprint density at radius 2 is 1.97 bits per heavy atom. The standard InChI is InChI=1S/C20H17BrClN5O2S/c21-13-5-2-7-15(11-13)23-20(29)27-9-3-8-16(27)17(28)24-19-26-25-18(30-19)12-4-1-6-14(22)10-12/h1-2,4-7,10-11,16H,3,8-9H2,(H,23,29)(H,24,26,28). The maximum Gasteiger partial charge on any atom is 0.322 e. The zero-order chi connectivity index (χ0) is 21.1. The number of rotatable bonds is 4. The first-order valence-corrected chi connectivity index (χ1v) is 11.2. The molecule has 1 fully saturated rings. The van der Waals surface area contributed by atoms with Gasteiger partial charge in [-0.25, -0.2) is 4.79 Å². The number of anilines is 2. The van der Waals surface area contributed by atoms with Gasteiger partial charge in [0.2, 0.25) is 11.0 Å². The van der Waals surface area contributed by atoms with E-state index in [0.29, 0.717) is 33.8 Å². The van der Waals surface area contributed by atoms with Crippen molar-refractivity contribution in [2.45, 2.75) is 18.9 Å². The number of urea groups is 1. The number of amides is 3. The number of aromatic nitrogens is 2. The second kappa shape index (κ2) is 9.11. The van der Waals surface area contributed by atoms with Crippen LogP contribution < -0.4 is 10.6 Å². The molecule has 3 aromatic rings. The molecular formula is C20H17BrClN5O2S. The fourth-order valence-corrected chi connectivity index (χ4v) is 4.58. The maximum absolute atomic E-state index is 12.8. The Balaban J connectivity index is 1.42. The molecule has 1 atom stereocenters. The Hall–Kier alpha value is -2.49. The first kappa shape index (κ1) is 20.8. The molecule has 1 saturated heterocycles. The van der Waals surface area contributed by atoms with Gasteiger partial charge in [0.05, 0.1) is 0 Å². The van der Waals surface area contributed by atoms with E-state index in [2.05, 4.69) is 36.8 Å². The first-order chi connectivity index (χ1) is 14.5. The maximum atomic E-state index is 12.8. The molecule has 1 aliphatic rings. The normalized spacial score (nSPS) is 15.8. The minimum Gasteiger partial charge on any atom is -0.312 e. The number of carbonyl (C=O) groups is 2. The molecule has 0 saturated carbocycles. The Morgan fingerprint density at radius 1 is 1.13 bits per heavy atom. The van der Waals surface area contributed by atoms with Crippen molar-refractivity contribution in [3.63, 3.8) is 0 Å². The molecule has 0 radical (unpaired) electrons. The summed E-state index contributed by atoms with van der Waals surface area (Å²) in [6.07, 6.45) is 1.35. The highest BCUT2D eigenvalue weighted by Gasteiger charge is 2.34. The Morgan fingerprint density at radius 3 is 2.77 bits per heavy atom. The molecule has 10 heteroatoms. The van der Waals surface area contributed by atoms with Crippen molar-refractivity contribution in [1.29, 1.82) is 0 Å². The minimum atomic E-state index is -0.560. The van der Waals surface area contributed by atoms with Crippen molar-refractivity contribution in [2.75, 3.05) is 17.2 Å². The third-order valence-electron chi connectivity index (χ3n) is 4.62. The zero-order valence-corrected chi connectivity index (χ0v) is 18.8. The van der Waals surface area contributed by atoms with Crippen LogP contribution in [0.4, 0.5) is 15.6 Å². The molecule has 0 aliphatic carbocycles. The summed E-state index contributed by atoms with van der Waals surface area (Å²) in [7, 11) is 0. The van der Waals surface area contributed by atoms with Crippen LogP contribution in [-0.2, 0) is 4.79 Å². The molecule has 30 heavy (non-hydrogen) atoms. The van der Waals surface area contributed by atoms with Crippen molar-refractivity contribution in [3.05, 3.63) is 58.0 Å². The summed E-state index contributed by atoms with van der Waals surface area (Å²) in [6, 6.07) is 13.7. The Kier molecular flexibility index (Phi) is 6.31. The lowest BCUT2D eigenvalue weighted by Gasteiger charge is -2.23. The predicted molar refractivity (Wildman–Crippen MR) is 122 cm³/mol. The molecule has 2 heterocycles. The van der Waals surface area contributed by atoms with Crippen molar-refractivity contribution in [1.82, 2.24) is 15.1 Å². The summed E-state index contributed by atoms with van der Waals surface area (Å²) in [4.78, 5) is 27.1. The molecule has 1 aromatic heterocycles. The molecule has 7 nitrogen and oxygen atoms in total. The van der Waals surface area contributed by atoms with E-state index in [1.165, 1.54) is 11.3 Å². The average Bonchev–Trinajstić information content (AvgIpc) is 3.38. The number of nitrogens with one attached hydrogen (secondary N) is 2. The van der Waals surface area contributed by atoms with Crippen molar-refractivity contribution in [3.8, 4) is 10.6 Å². The SMILES string of the molecule is O=C(Nc1nnc(-c2cccc(Cl)c2)s1)C1CCCN1C(=O)Nc1cccc(Br)c1. The van der Waals surface area contributed by atoms with E-state index < -0.39 is 6.04 Å². The second-order valence-corrected chi connectivity index (χ2v) is 9.03. The van der Waals surface area contributed by atoms with E-state index in [1.807, 2.05) is 30.3 Å². The topological polar surface area (TPSA) is 87.2 Å². The lowest BCUT2D eigenvalue weighted by atomic mass is 10.2. The molecule has 4 rings (SSSR count). The van der Waals surface area contributed by atoms with E-state index in [9.17, 15) is 9.59 Å². The van der Waals surface area contributed by atoms with Gasteiger partial charge in [0.1, 0.15) is 11.0 Å². The molecule has 154 valence electrons. The van der Waals surface area contributed by atoms with Crippen LogP contribution in [0, 0.1) is 0 Å². The quantitative estimate of drug-likeness (QED) is 0.505. The first-order valence-electron chi connectivity index (χ1n) is 9.23. The van der Waals surface area contributed by atoms with E-state index in [0.717, 1.165) is 16.5 Å². The van der Waals surface area contributed by atoms with Crippen molar-refractivity contribution < 1.29 is 9.59 Å².